The van der Waals surface area contributed by atoms with Crippen molar-refractivity contribution in [3.63, 3.8) is 0 Å². The van der Waals surface area contributed by atoms with E-state index in [0.717, 1.165) is 45.8 Å². The zero-order valence-electron chi connectivity index (χ0n) is 11.7. The molecule has 0 amide bonds. The van der Waals surface area contributed by atoms with E-state index >= 15 is 0 Å². The summed E-state index contributed by atoms with van der Waals surface area (Å²) in [5.74, 6) is 0. The maximum Gasteiger partial charge on any atom is 0.170 e. The fraction of sp³-hybridized carbons (Fsp3) is 0.500. The smallest absolute Gasteiger partial charge is 0.170 e. The highest BCUT2D eigenvalue weighted by atomic mass is 35.5. The van der Waals surface area contributed by atoms with Gasteiger partial charge in [-0.3, -0.25) is 4.90 Å². The maximum atomic E-state index is 6.08. The van der Waals surface area contributed by atoms with Crippen LogP contribution < -0.4 is 10.6 Å². The molecule has 0 aromatic heterocycles. The predicted octanol–water partition coefficient (Wildman–Crippen LogP) is 3.00. The van der Waals surface area contributed by atoms with E-state index in [1.165, 1.54) is 0 Å². The Morgan fingerprint density at radius 3 is 2.57 bits per heavy atom. The first-order valence-corrected chi connectivity index (χ1v) is 8.12. The highest BCUT2D eigenvalue weighted by molar-refractivity contribution is 7.80. The van der Waals surface area contributed by atoms with Crippen LogP contribution >= 0.6 is 35.4 Å². The third-order valence-electron chi connectivity index (χ3n) is 3.24. The van der Waals surface area contributed by atoms with Gasteiger partial charge in [0.1, 0.15) is 0 Å². The molecule has 0 atom stereocenters. The SMILES string of the molecule is S=C(NCCCN1CCOCC1)Nc1c(Cl)cccc1Cl. The first kappa shape index (κ1) is 16.8. The highest BCUT2D eigenvalue weighted by Crippen LogP contribution is 2.29. The van der Waals surface area contributed by atoms with Gasteiger partial charge in [0.15, 0.2) is 5.11 Å². The van der Waals surface area contributed by atoms with Crippen LogP contribution in [0.1, 0.15) is 6.42 Å². The van der Waals surface area contributed by atoms with Crippen molar-refractivity contribution in [3.8, 4) is 0 Å². The number of hydrogen-bond donors (Lipinski definition) is 2. The van der Waals surface area contributed by atoms with Crippen LogP contribution in [0.15, 0.2) is 18.2 Å². The molecule has 116 valence electrons. The molecule has 0 radical (unpaired) electrons. The molecule has 7 heteroatoms. The lowest BCUT2D eigenvalue weighted by Crippen LogP contribution is -2.38. The summed E-state index contributed by atoms with van der Waals surface area (Å²) >= 11 is 17.4. The average molecular weight is 348 g/mol. The van der Waals surface area contributed by atoms with Gasteiger partial charge < -0.3 is 15.4 Å². The summed E-state index contributed by atoms with van der Waals surface area (Å²) < 4.78 is 5.32. The maximum absolute atomic E-state index is 6.08. The largest absolute Gasteiger partial charge is 0.379 e. The lowest BCUT2D eigenvalue weighted by atomic mass is 10.3. The zero-order valence-corrected chi connectivity index (χ0v) is 14.0. The lowest BCUT2D eigenvalue weighted by molar-refractivity contribution is 0.0376. The second-order valence-corrected chi connectivity index (χ2v) is 6.01. The number of halogens is 2. The van der Waals surface area contributed by atoms with Gasteiger partial charge in [0, 0.05) is 19.6 Å². The Balaban J connectivity index is 1.67. The van der Waals surface area contributed by atoms with Crippen molar-refractivity contribution in [2.75, 3.05) is 44.7 Å². The van der Waals surface area contributed by atoms with Gasteiger partial charge in [-0.2, -0.15) is 0 Å². The number of hydrogen-bond acceptors (Lipinski definition) is 3. The van der Waals surface area contributed by atoms with Crippen LogP contribution in [0.25, 0.3) is 0 Å². The van der Waals surface area contributed by atoms with E-state index in [2.05, 4.69) is 15.5 Å². The third kappa shape index (κ3) is 5.60. The number of benzene rings is 1. The molecule has 0 saturated carbocycles. The molecule has 1 heterocycles. The van der Waals surface area contributed by atoms with E-state index in [1.54, 1.807) is 18.2 Å². The van der Waals surface area contributed by atoms with E-state index in [1.807, 2.05) is 0 Å². The first-order valence-electron chi connectivity index (χ1n) is 6.96. The number of nitrogens with zero attached hydrogens (tertiary/aromatic N) is 1. The van der Waals surface area contributed by atoms with Crippen molar-refractivity contribution in [1.29, 1.82) is 0 Å². The van der Waals surface area contributed by atoms with Crippen LogP contribution in [-0.2, 0) is 4.74 Å². The number of morpholine rings is 1. The van der Waals surface area contributed by atoms with E-state index in [9.17, 15) is 0 Å². The summed E-state index contributed by atoms with van der Waals surface area (Å²) in [6.07, 6.45) is 1.03. The van der Waals surface area contributed by atoms with Crippen LogP contribution in [0.4, 0.5) is 5.69 Å². The monoisotopic (exact) mass is 347 g/mol. The van der Waals surface area contributed by atoms with Crippen molar-refractivity contribution in [1.82, 2.24) is 10.2 Å². The number of anilines is 1. The molecular formula is C14H19Cl2N3OS. The molecule has 2 rings (SSSR count). The third-order valence-corrected chi connectivity index (χ3v) is 4.12. The predicted molar refractivity (Wildman–Crippen MR) is 92.6 cm³/mol. The Morgan fingerprint density at radius 1 is 1.24 bits per heavy atom. The van der Waals surface area contributed by atoms with Gasteiger partial charge in [-0.25, -0.2) is 0 Å². The van der Waals surface area contributed by atoms with Gasteiger partial charge in [0.2, 0.25) is 0 Å². The fourth-order valence-corrected chi connectivity index (χ4v) is 2.80. The van der Waals surface area contributed by atoms with Gasteiger partial charge in [0.05, 0.1) is 28.9 Å². The van der Waals surface area contributed by atoms with Crippen LogP contribution in [0.5, 0.6) is 0 Å². The van der Waals surface area contributed by atoms with Crippen molar-refractivity contribution < 1.29 is 4.74 Å². The van der Waals surface area contributed by atoms with Crippen LogP contribution in [0, 0.1) is 0 Å². The molecule has 0 bridgehead atoms. The summed E-state index contributed by atoms with van der Waals surface area (Å²) in [7, 11) is 0. The van der Waals surface area contributed by atoms with Crippen molar-refractivity contribution in [2.24, 2.45) is 0 Å². The lowest BCUT2D eigenvalue weighted by Gasteiger charge is -2.26. The number of para-hydroxylation sites is 1. The average Bonchev–Trinajstić information content (AvgIpc) is 2.49. The van der Waals surface area contributed by atoms with Gasteiger partial charge in [-0.15, -0.1) is 0 Å². The van der Waals surface area contributed by atoms with Gasteiger partial charge in [-0.05, 0) is 37.3 Å². The Hall–Kier alpha value is -0.590. The summed E-state index contributed by atoms with van der Waals surface area (Å²) in [6, 6.07) is 5.35. The second kappa shape index (κ2) is 8.76. The zero-order chi connectivity index (χ0) is 15.1. The minimum absolute atomic E-state index is 0.534. The standard InChI is InChI=1S/C14H19Cl2N3OS/c15-11-3-1-4-12(16)13(11)18-14(21)17-5-2-6-19-7-9-20-10-8-19/h1,3-4H,2,5-10H2,(H2,17,18,21). The molecule has 21 heavy (non-hydrogen) atoms. The van der Waals surface area contributed by atoms with Crippen LogP contribution in [-0.4, -0.2) is 49.4 Å². The van der Waals surface area contributed by atoms with Crippen LogP contribution in [0.2, 0.25) is 10.0 Å². The molecule has 4 nitrogen and oxygen atoms in total. The minimum Gasteiger partial charge on any atom is -0.379 e. The minimum atomic E-state index is 0.534. The Labute approximate surface area is 140 Å². The topological polar surface area (TPSA) is 36.5 Å². The number of ether oxygens (including phenoxy) is 1. The van der Waals surface area contributed by atoms with E-state index in [-0.39, 0.29) is 0 Å². The second-order valence-electron chi connectivity index (χ2n) is 4.79. The summed E-state index contributed by atoms with van der Waals surface area (Å²) in [5.41, 5.74) is 0.645. The number of nitrogens with one attached hydrogen (secondary N) is 2. The summed E-state index contributed by atoms with van der Waals surface area (Å²) in [4.78, 5) is 2.40. The van der Waals surface area contributed by atoms with Gasteiger partial charge >= 0.3 is 0 Å². The van der Waals surface area contributed by atoms with Crippen LogP contribution in [0.3, 0.4) is 0 Å². The van der Waals surface area contributed by atoms with Crippen molar-refractivity contribution in [3.05, 3.63) is 28.2 Å². The van der Waals surface area contributed by atoms with Gasteiger partial charge in [0.25, 0.3) is 0 Å². The number of rotatable bonds is 5. The van der Waals surface area contributed by atoms with E-state index < -0.39 is 0 Å². The molecule has 1 aliphatic rings. The molecule has 1 saturated heterocycles. The molecular weight excluding hydrogens is 329 g/mol. The molecule has 0 spiro atoms. The summed E-state index contributed by atoms with van der Waals surface area (Å²) in [6.45, 7) is 5.55. The Morgan fingerprint density at radius 2 is 1.90 bits per heavy atom. The quantitative estimate of drug-likeness (QED) is 0.632. The molecule has 1 aliphatic heterocycles. The van der Waals surface area contributed by atoms with Crippen molar-refractivity contribution >= 4 is 46.2 Å². The molecule has 1 aromatic carbocycles. The molecule has 1 fully saturated rings. The fourth-order valence-electron chi connectivity index (χ4n) is 2.10. The Bertz CT molecular complexity index is 461. The van der Waals surface area contributed by atoms with E-state index in [0.29, 0.717) is 20.8 Å². The normalized spacial score (nSPS) is 15.7. The number of thiocarbonyl (C=S) groups is 1. The van der Waals surface area contributed by atoms with E-state index in [4.69, 9.17) is 40.2 Å². The Kier molecular flexibility index (Phi) is 6.99. The summed E-state index contributed by atoms with van der Waals surface area (Å²) in [5, 5.41) is 7.86. The molecule has 2 N–H and O–H groups in total. The van der Waals surface area contributed by atoms with Gasteiger partial charge in [-0.1, -0.05) is 29.3 Å². The molecule has 0 unspecified atom stereocenters. The van der Waals surface area contributed by atoms with Crippen molar-refractivity contribution in [2.45, 2.75) is 6.42 Å². The molecule has 0 aliphatic carbocycles. The molecule has 1 aromatic rings. The highest BCUT2D eigenvalue weighted by Gasteiger charge is 2.10. The first-order chi connectivity index (χ1) is 10.2.